The third kappa shape index (κ3) is 7.79. The van der Waals surface area contributed by atoms with Gasteiger partial charge >= 0.3 is 0 Å². The molecule has 0 bridgehead atoms. The highest BCUT2D eigenvalue weighted by atomic mass is 28.3. The van der Waals surface area contributed by atoms with Crippen LogP contribution in [0.3, 0.4) is 0 Å². The average molecular weight is 194 g/mol. The summed E-state index contributed by atoms with van der Waals surface area (Å²) in [6.45, 7) is 11.3. The maximum absolute atomic E-state index is 3.78. The van der Waals surface area contributed by atoms with Crippen LogP contribution in [0.5, 0.6) is 0 Å². The third-order valence-corrected chi connectivity index (χ3v) is 5.79. The topological polar surface area (TPSA) is 0 Å². The van der Waals surface area contributed by atoms with Crippen molar-refractivity contribution in [1.82, 2.24) is 0 Å². The molecule has 0 fully saturated rings. The first-order valence-corrected chi connectivity index (χ1v) is 7.62. The predicted octanol–water partition coefficient (Wildman–Crippen LogP) is 3.94. The van der Waals surface area contributed by atoms with Crippen LogP contribution in [-0.2, 0) is 0 Å². The first-order valence-electron chi connectivity index (χ1n) is 5.17. The van der Waals surface area contributed by atoms with Crippen molar-refractivity contribution in [2.75, 3.05) is 0 Å². The van der Waals surface area contributed by atoms with E-state index in [1.54, 1.807) is 0 Å². The molecule has 0 rings (SSSR count). The van der Waals surface area contributed by atoms with Crippen molar-refractivity contribution in [3.05, 3.63) is 38.0 Å². The highest BCUT2D eigenvalue weighted by Crippen LogP contribution is 2.13. The van der Waals surface area contributed by atoms with E-state index in [1.165, 1.54) is 37.4 Å². The minimum absolute atomic E-state index is 0.500. The lowest BCUT2D eigenvalue weighted by molar-refractivity contribution is 1.06. The molecule has 0 aromatic heterocycles. The van der Waals surface area contributed by atoms with Crippen molar-refractivity contribution >= 4 is 8.80 Å². The number of allylic oxidation sites excluding steroid dienone is 3. The maximum atomic E-state index is 3.78. The summed E-state index contributed by atoms with van der Waals surface area (Å²) in [5, 5.41) is 0. The van der Waals surface area contributed by atoms with Crippen LogP contribution in [0, 0.1) is 0 Å². The van der Waals surface area contributed by atoms with Crippen molar-refractivity contribution in [2.45, 2.75) is 37.4 Å². The Morgan fingerprint density at radius 1 is 0.692 bits per heavy atom. The second-order valence-electron chi connectivity index (χ2n) is 3.46. The van der Waals surface area contributed by atoms with Gasteiger partial charge < -0.3 is 0 Å². The van der Waals surface area contributed by atoms with Gasteiger partial charge in [-0.05, 0) is 19.3 Å². The van der Waals surface area contributed by atoms with Gasteiger partial charge in [0.15, 0.2) is 0 Å². The summed E-state index contributed by atoms with van der Waals surface area (Å²) in [5.74, 6) is 0. The van der Waals surface area contributed by atoms with Gasteiger partial charge in [-0.15, -0.1) is 19.7 Å². The summed E-state index contributed by atoms with van der Waals surface area (Å²) in [7, 11) is -0.500. The molecule has 0 aliphatic carbocycles. The van der Waals surface area contributed by atoms with Gasteiger partial charge in [0, 0.05) is 8.80 Å². The maximum Gasteiger partial charge on any atom is 0.0377 e. The zero-order chi connectivity index (χ0) is 9.94. The van der Waals surface area contributed by atoms with Gasteiger partial charge in [-0.3, -0.25) is 0 Å². The Labute approximate surface area is 84.7 Å². The minimum Gasteiger partial charge on any atom is -0.103 e. The smallest absolute Gasteiger partial charge is 0.0377 e. The van der Waals surface area contributed by atoms with Crippen LogP contribution in [-0.4, -0.2) is 8.80 Å². The predicted molar refractivity (Wildman–Crippen MR) is 66.0 cm³/mol. The summed E-state index contributed by atoms with van der Waals surface area (Å²) in [6.07, 6.45) is 9.73. The molecule has 0 aliphatic rings. The Morgan fingerprint density at radius 3 is 1.23 bits per heavy atom. The van der Waals surface area contributed by atoms with Crippen LogP contribution in [0.15, 0.2) is 38.0 Å². The molecular weight excluding hydrogens is 172 g/mol. The molecule has 0 aromatic rings. The fourth-order valence-corrected chi connectivity index (χ4v) is 4.48. The SMILES string of the molecule is C=CCC[SiH](CCC=C)CCC=C. The van der Waals surface area contributed by atoms with E-state index in [0.29, 0.717) is 0 Å². The summed E-state index contributed by atoms with van der Waals surface area (Å²) >= 11 is 0. The highest BCUT2D eigenvalue weighted by Gasteiger charge is 2.07. The van der Waals surface area contributed by atoms with Crippen molar-refractivity contribution in [3.8, 4) is 0 Å². The second-order valence-corrected chi connectivity index (χ2v) is 6.93. The van der Waals surface area contributed by atoms with Gasteiger partial charge in [0.05, 0.1) is 0 Å². The van der Waals surface area contributed by atoms with E-state index in [0.717, 1.165) is 0 Å². The molecule has 0 amide bonds. The Bertz CT molecular complexity index is 121. The molecule has 0 spiro atoms. The van der Waals surface area contributed by atoms with E-state index in [9.17, 15) is 0 Å². The monoisotopic (exact) mass is 194 g/mol. The largest absolute Gasteiger partial charge is 0.103 e. The molecular formula is C12H22Si. The van der Waals surface area contributed by atoms with Gasteiger partial charge in [-0.1, -0.05) is 36.4 Å². The van der Waals surface area contributed by atoms with Crippen molar-refractivity contribution in [3.63, 3.8) is 0 Å². The van der Waals surface area contributed by atoms with E-state index in [2.05, 4.69) is 19.7 Å². The van der Waals surface area contributed by atoms with Crippen molar-refractivity contribution < 1.29 is 0 Å². The van der Waals surface area contributed by atoms with E-state index < -0.39 is 8.80 Å². The molecule has 0 aromatic carbocycles. The van der Waals surface area contributed by atoms with E-state index in [4.69, 9.17) is 0 Å². The summed E-state index contributed by atoms with van der Waals surface area (Å²) < 4.78 is 0. The lowest BCUT2D eigenvalue weighted by atomic mass is 10.5. The Balaban J connectivity index is 3.64. The van der Waals surface area contributed by atoms with Gasteiger partial charge in [-0.25, -0.2) is 0 Å². The molecule has 0 atom stereocenters. The van der Waals surface area contributed by atoms with Crippen molar-refractivity contribution in [2.24, 2.45) is 0 Å². The van der Waals surface area contributed by atoms with Crippen LogP contribution in [0.25, 0.3) is 0 Å². The van der Waals surface area contributed by atoms with E-state index in [1.807, 2.05) is 18.2 Å². The summed E-state index contributed by atoms with van der Waals surface area (Å²) in [4.78, 5) is 0. The Morgan fingerprint density at radius 2 is 1.00 bits per heavy atom. The Kier molecular flexibility index (Phi) is 9.11. The van der Waals surface area contributed by atoms with Crippen LogP contribution < -0.4 is 0 Å². The fraction of sp³-hybridized carbons (Fsp3) is 0.500. The molecule has 1 heteroatoms. The molecule has 0 unspecified atom stereocenters. The molecule has 0 heterocycles. The van der Waals surface area contributed by atoms with Gasteiger partial charge in [-0.2, -0.15) is 0 Å². The number of hydrogen-bond donors (Lipinski definition) is 0. The van der Waals surface area contributed by atoms with E-state index in [-0.39, 0.29) is 0 Å². The van der Waals surface area contributed by atoms with Gasteiger partial charge in [0.2, 0.25) is 0 Å². The lowest BCUT2D eigenvalue weighted by Gasteiger charge is -2.11. The summed E-state index contributed by atoms with van der Waals surface area (Å²) in [6, 6.07) is 4.22. The zero-order valence-electron chi connectivity index (χ0n) is 8.67. The molecule has 0 N–H and O–H groups in total. The van der Waals surface area contributed by atoms with Gasteiger partial charge in [0.25, 0.3) is 0 Å². The van der Waals surface area contributed by atoms with Crippen LogP contribution in [0.1, 0.15) is 19.3 Å². The fourth-order valence-electron chi connectivity index (χ4n) is 1.49. The first-order chi connectivity index (χ1) is 6.35. The van der Waals surface area contributed by atoms with Gasteiger partial charge in [0.1, 0.15) is 0 Å². The minimum atomic E-state index is -0.500. The molecule has 0 nitrogen and oxygen atoms in total. The normalized spacial score (nSPS) is 9.92. The molecule has 13 heavy (non-hydrogen) atoms. The highest BCUT2D eigenvalue weighted by molar-refractivity contribution is 6.58. The second kappa shape index (κ2) is 9.52. The van der Waals surface area contributed by atoms with E-state index >= 15 is 0 Å². The zero-order valence-corrected chi connectivity index (χ0v) is 9.83. The number of rotatable bonds is 9. The first kappa shape index (κ1) is 12.4. The van der Waals surface area contributed by atoms with Crippen LogP contribution in [0.4, 0.5) is 0 Å². The lowest BCUT2D eigenvalue weighted by Crippen LogP contribution is -2.10. The summed E-state index contributed by atoms with van der Waals surface area (Å²) in [5.41, 5.74) is 0. The van der Waals surface area contributed by atoms with Crippen LogP contribution >= 0.6 is 0 Å². The van der Waals surface area contributed by atoms with Crippen molar-refractivity contribution in [1.29, 1.82) is 0 Å². The van der Waals surface area contributed by atoms with Crippen LogP contribution in [0.2, 0.25) is 18.1 Å². The molecule has 74 valence electrons. The molecule has 0 saturated heterocycles. The Hall–Kier alpha value is -0.563. The molecule has 0 radical (unpaired) electrons. The molecule has 0 saturated carbocycles. The number of hydrogen-bond acceptors (Lipinski definition) is 0. The quantitative estimate of drug-likeness (QED) is 0.385. The standard InChI is InChI=1S/C12H22Si/c1-4-7-10-13(11-8-5-2)12-9-6-3/h4-6,13H,1-3,7-12H2. The average Bonchev–Trinajstić information content (AvgIpc) is 2.17. The third-order valence-electron chi connectivity index (χ3n) is 2.34. The molecule has 0 aliphatic heterocycles.